The van der Waals surface area contributed by atoms with E-state index in [0.717, 1.165) is 49.6 Å². The van der Waals surface area contributed by atoms with Crippen molar-refractivity contribution in [3.63, 3.8) is 0 Å². The predicted molar refractivity (Wildman–Crippen MR) is 303 cm³/mol. The molecule has 0 radical (unpaired) electrons. The van der Waals surface area contributed by atoms with Gasteiger partial charge in [-0.1, -0.05) is 182 Å². The molecule has 1 aliphatic heterocycles. The van der Waals surface area contributed by atoms with E-state index in [1.165, 1.54) is 12.1 Å². The molecule has 8 aromatic carbocycles. The van der Waals surface area contributed by atoms with Crippen molar-refractivity contribution >= 4 is 76.5 Å². The standard InChI is InChI=1S/C67H59N4O.Pt/c1-42-19-15-26-55-57-27-17-25-50(43-35-45(66(5,6)7)37-46(36-43)67(8,9)10)63(57)70-41-69(59-30-18-28-56(64(59)70)51-22-11-12-24-54(51)62(42)55)47-20-16-21-48(39-47)72-49-31-32-53-52-23-13-14-29-58(52)71(60(53)40-49)61-38-44(33-34-68-61)65(2,3)4;/h11-38,41H,1-10H3;/q-3;/i1D3,5D3,6D3,7D3;. The number of ether oxygens (including phenoxy) is 1. The van der Waals surface area contributed by atoms with Gasteiger partial charge in [0.1, 0.15) is 5.82 Å². The molecule has 5 nitrogen and oxygen atoms in total. The molecule has 0 N–H and O–H groups in total. The smallest absolute Gasteiger partial charge is 0.135 e. The molecule has 0 atom stereocenters. The van der Waals surface area contributed by atoms with Crippen LogP contribution in [0.5, 0.6) is 11.5 Å². The fourth-order valence-corrected chi connectivity index (χ4v) is 10.4. The molecule has 0 unspecified atom stereocenters. The number of anilines is 2. The first-order valence-corrected chi connectivity index (χ1v) is 24.2. The molecule has 0 aliphatic carbocycles. The maximum Gasteiger partial charge on any atom is 0.135 e. The quantitative estimate of drug-likeness (QED) is 0.161. The van der Waals surface area contributed by atoms with Crippen molar-refractivity contribution in [1.82, 2.24) is 14.1 Å². The van der Waals surface area contributed by atoms with E-state index >= 15 is 0 Å². The van der Waals surface area contributed by atoms with Crippen LogP contribution in [0.25, 0.3) is 82.1 Å². The van der Waals surface area contributed by atoms with Crippen LogP contribution in [0.1, 0.15) is 101 Å². The number of para-hydroxylation sites is 3. The number of benzene rings is 8. The summed E-state index contributed by atoms with van der Waals surface area (Å²) in [5.74, 6) is 1.60. The molecule has 0 fully saturated rings. The largest absolute Gasteiger partial charge is 0.509 e. The van der Waals surface area contributed by atoms with Gasteiger partial charge in [-0.2, -0.15) is 12.1 Å². The summed E-state index contributed by atoms with van der Waals surface area (Å²) in [5.41, 5.74) is 2.33. The minimum atomic E-state index is -3.54. The second-order valence-corrected chi connectivity index (χ2v) is 20.9. The van der Waals surface area contributed by atoms with Crippen LogP contribution in [0.2, 0.25) is 0 Å². The van der Waals surface area contributed by atoms with E-state index in [4.69, 9.17) is 26.2 Å². The zero-order valence-corrected chi connectivity index (χ0v) is 43.5. The van der Waals surface area contributed by atoms with Crippen LogP contribution in [0, 0.1) is 25.7 Å². The number of rotatable bonds is 5. The Hall–Kier alpha value is -7.33. The SMILES string of the molecule is [2H]C([2H])([2H])c1cccc2c3cccc(-c4cc(C(C)(C)C)cc(C(C([2H])([2H])[2H])(C([2H])([2H])[2H])C([2H])([2H])[2H])c4)c3n3c4c(cccc4c4ccccc4c12)N(c1[c-]c(Oc2[c-]c4c(cc2)c2ccccc2n4-c2cc(C(C)(C)C)ccn2)ccc1)[CH-]3.[Pt]. The van der Waals surface area contributed by atoms with Crippen molar-refractivity contribution in [2.24, 2.45) is 0 Å². The Morgan fingerprint density at radius 1 is 0.548 bits per heavy atom. The van der Waals surface area contributed by atoms with E-state index in [-0.39, 0.29) is 37.6 Å². The molecule has 4 heterocycles. The summed E-state index contributed by atoms with van der Waals surface area (Å²) in [7, 11) is 0. The van der Waals surface area contributed by atoms with Gasteiger partial charge in [0, 0.05) is 66.4 Å². The van der Waals surface area contributed by atoms with E-state index in [0.29, 0.717) is 66.5 Å². The van der Waals surface area contributed by atoms with Gasteiger partial charge in [0.15, 0.2) is 0 Å². The van der Waals surface area contributed by atoms with E-state index < -0.39 is 38.2 Å². The van der Waals surface area contributed by atoms with Crippen LogP contribution < -0.4 is 9.64 Å². The fourth-order valence-electron chi connectivity index (χ4n) is 10.4. The molecule has 3 aromatic heterocycles. The summed E-state index contributed by atoms with van der Waals surface area (Å²) >= 11 is 0. The summed E-state index contributed by atoms with van der Waals surface area (Å²) in [5, 5.41) is 5.86. The maximum atomic E-state index is 8.93. The Kier molecular flexibility index (Phi) is 8.67. The number of aryl methyl sites for hydroxylation is 1. The number of nitrogens with zero attached hydrogens (tertiary/aromatic N) is 4. The van der Waals surface area contributed by atoms with E-state index in [1.54, 1.807) is 12.1 Å². The molecule has 0 amide bonds. The molecule has 11 aromatic rings. The van der Waals surface area contributed by atoms with Gasteiger partial charge in [0.05, 0.1) is 0 Å². The molecular weight excluding hydrogens is 1070 g/mol. The Bertz CT molecular complexity index is 4520. The van der Waals surface area contributed by atoms with Crippen molar-refractivity contribution in [3.8, 4) is 28.4 Å². The van der Waals surface area contributed by atoms with Crippen LogP contribution in [0.15, 0.2) is 170 Å². The Morgan fingerprint density at radius 3 is 1.96 bits per heavy atom. The summed E-state index contributed by atoms with van der Waals surface area (Å²) in [6.45, 7) is 0.958. The van der Waals surface area contributed by atoms with Gasteiger partial charge in [-0.3, -0.25) is 0 Å². The van der Waals surface area contributed by atoms with Gasteiger partial charge in [-0.05, 0) is 136 Å². The summed E-state index contributed by atoms with van der Waals surface area (Å²) in [6.07, 6.45) is 1.84. The molecular formula is C67H59N4OPt-3. The van der Waals surface area contributed by atoms with Crippen LogP contribution in [0.3, 0.4) is 0 Å². The topological polar surface area (TPSA) is 35.2 Å². The Labute approximate surface area is 460 Å². The van der Waals surface area contributed by atoms with Crippen molar-refractivity contribution in [2.45, 2.75) is 85.2 Å². The first-order valence-electron chi connectivity index (χ1n) is 30.2. The molecule has 366 valence electrons. The summed E-state index contributed by atoms with van der Waals surface area (Å²) in [4.78, 5) is 6.84. The summed E-state index contributed by atoms with van der Waals surface area (Å²) < 4.78 is 117. The van der Waals surface area contributed by atoms with Crippen LogP contribution in [0.4, 0.5) is 11.4 Å². The molecule has 12 rings (SSSR count). The minimum Gasteiger partial charge on any atom is -0.509 e. The van der Waals surface area contributed by atoms with Crippen LogP contribution in [-0.4, -0.2) is 14.1 Å². The second-order valence-electron chi connectivity index (χ2n) is 20.9. The Balaban J connectivity index is 0.00000752. The van der Waals surface area contributed by atoms with E-state index in [1.807, 2.05) is 164 Å². The average molecular weight is 1140 g/mol. The second kappa shape index (κ2) is 17.7. The number of hydrogen-bond acceptors (Lipinski definition) is 3. The first kappa shape index (κ1) is 35.7. The first-order chi connectivity index (χ1) is 39.5. The number of pyridine rings is 1. The van der Waals surface area contributed by atoms with E-state index in [9.17, 15) is 0 Å². The molecule has 0 saturated heterocycles. The van der Waals surface area contributed by atoms with Gasteiger partial charge in [0.25, 0.3) is 0 Å². The number of aromatic nitrogens is 3. The van der Waals surface area contributed by atoms with Gasteiger partial charge in [-0.25, -0.2) is 4.98 Å². The number of fused-ring (bicyclic) bond motifs is 10. The Morgan fingerprint density at radius 2 is 1.19 bits per heavy atom. The molecule has 73 heavy (non-hydrogen) atoms. The third kappa shape index (κ3) is 8.23. The van der Waals surface area contributed by atoms with Crippen molar-refractivity contribution in [2.75, 3.05) is 4.90 Å². The maximum absolute atomic E-state index is 8.93. The zero-order chi connectivity index (χ0) is 59.8. The van der Waals surface area contributed by atoms with Crippen molar-refractivity contribution in [3.05, 3.63) is 211 Å². The van der Waals surface area contributed by atoms with Crippen molar-refractivity contribution in [1.29, 1.82) is 0 Å². The van der Waals surface area contributed by atoms with Crippen molar-refractivity contribution < 1.29 is 42.3 Å². The minimum absolute atomic E-state index is 0. The average Bonchev–Trinajstić information content (AvgIpc) is 1.62. The molecule has 0 bridgehead atoms. The van der Waals surface area contributed by atoms with Crippen LogP contribution in [-0.2, 0) is 37.3 Å². The molecule has 6 heteroatoms. The number of hydrogen-bond donors (Lipinski definition) is 0. The molecule has 0 spiro atoms. The fraction of sp³-hybridized carbons (Fsp3) is 0.194. The molecule has 0 saturated carbocycles. The monoisotopic (exact) mass is 1140 g/mol. The van der Waals surface area contributed by atoms with Gasteiger partial charge in [0.2, 0.25) is 0 Å². The third-order valence-corrected chi connectivity index (χ3v) is 14.0. The predicted octanol–water partition coefficient (Wildman–Crippen LogP) is 18.1. The van der Waals surface area contributed by atoms with E-state index in [2.05, 4.69) is 55.7 Å². The van der Waals surface area contributed by atoms with Crippen LogP contribution >= 0.6 is 0 Å². The summed E-state index contributed by atoms with van der Waals surface area (Å²) in [6, 6.07) is 58.2. The van der Waals surface area contributed by atoms with Gasteiger partial charge < -0.3 is 18.8 Å². The molecule has 1 aliphatic rings. The van der Waals surface area contributed by atoms with Gasteiger partial charge >= 0.3 is 0 Å². The third-order valence-electron chi connectivity index (χ3n) is 14.0. The zero-order valence-electron chi connectivity index (χ0n) is 53.3. The van der Waals surface area contributed by atoms with Gasteiger partial charge in [-0.15, -0.1) is 35.7 Å². The normalized spacial score (nSPS) is 15.9.